The van der Waals surface area contributed by atoms with Gasteiger partial charge >= 0.3 is 11.7 Å². The maximum absolute atomic E-state index is 12.1. The number of hydrogen-bond donors (Lipinski definition) is 1. The minimum absolute atomic E-state index is 0.0932. The molecule has 7 nitrogen and oxygen atoms in total. The molecule has 2 atom stereocenters. The van der Waals surface area contributed by atoms with Crippen molar-refractivity contribution in [2.24, 2.45) is 0 Å². The fraction of sp³-hybridized carbons (Fsp3) is 0.545. The van der Waals surface area contributed by atoms with E-state index >= 15 is 0 Å². The summed E-state index contributed by atoms with van der Waals surface area (Å²) in [6.45, 7) is 2.24. The minimum atomic E-state index is -1.13. The minimum Gasteiger partial charge on any atom is -0.480 e. The number of aliphatic carboxylic acids is 1. The number of epoxide rings is 1. The summed E-state index contributed by atoms with van der Waals surface area (Å²) >= 11 is 3.05. The molecule has 0 unspecified atom stereocenters. The molecule has 104 valence electrons. The first kappa shape index (κ1) is 14.0. The number of ether oxygens (including phenoxy) is 1. The van der Waals surface area contributed by atoms with Crippen LogP contribution in [0.15, 0.2) is 20.3 Å². The summed E-state index contributed by atoms with van der Waals surface area (Å²) in [6.07, 6.45) is 1.87. The Labute approximate surface area is 116 Å². The van der Waals surface area contributed by atoms with Crippen LogP contribution in [0.25, 0.3) is 0 Å². The monoisotopic (exact) mass is 332 g/mol. The molecule has 1 aromatic heterocycles. The van der Waals surface area contributed by atoms with Crippen molar-refractivity contribution in [2.45, 2.75) is 32.0 Å². The Morgan fingerprint density at radius 3 is 2.79 bits per heavy atom. The molecule has 0 radical (unpaired) electrons. The molecule has 0 aliphatic carbocycles. The third-order valence-electron chi connectivity index (χ3n) is 3.01. The van der Waals surface area contributed by atoms with Crippen molar-refractivity contribution in [3.8, 4) is 0 Å². The number of nitrogens with zero attached hydrogens (tertiary/aromatic N) is 2. The number of carbonyl (C=O) groups is 1. The lowest BCUT2D eigenvalue weighted by molar-refractivity contribution is -0.140. The van der Waals surface area contributed by atoms with E-state index in [0.717, 1.165) is 9.13 Å². The van der Waals surface area contributed by atoms with Gasteiger partial charge in [0.25, 0.3) is 5.56 Å². The Hall–Kier alpha value is -1.41. The van der Waals surface area contributed by atoms with Crippen LogP contribution >= 0.6 is 15.9 Å². The van der Waals surface area contributed by atoms with Crippen LogP contribution in [0.2, 0.25) is 0 Å². The number of carboxylic acid groups (broad SMARTS) is 1. The number of rotatable bonds is 5. The van der Waals surface area contributed by atoms with Gasteiger partial charge in [-0.2, -0.15) is 0 Å². The van der Waals surface area contributed by atoms with Crippen molar-refractivity contribution in [1.29, 1.82) is 0 Å². The summed E-state index contributed by atoms with van der Waals surface area (Å²) in [5, 5.41) is 8.96. The van der Waals surface area contributed by atoms with Gasteiger partial charge in [0.2, 0.25) is 0 Å². The van der Waals surface area contributed by atoms with Crippen molar-refractivity contribution in [2.75, 3.05) is 6.61 Å². The highest BCUT2D eigenvalue weighted by molar-refractivity contribution is 9.10. The fourth-order valence-corrected chi connectivity index (χ4v) is 2.12. The van der Waals surface area contributed by atoms with Gasteiger partial charge in [0, 0.05) is 12.7 Å². The molecule has 0 spiro atoms. The van der Waals surface area contributed by atoms with Crippen molar-refractivity contribution in [1.82, 2.24) is 9.13 Å². The van der Waals surface area contributed by atoms with Crippen LogP contribution in [0.4, 0.5) is 0 Å². The van der Waals surface area contributed by atoms with Crippen LogP contribution in [0.5, 0.6) is 0 Å². The van der Waals surface area contributed by atoms with Gasteiger partial charge < -0.3 is 9.84 Å². The zero-order chi connectivity index (χ0) is 14.2. The highest BCUT2D eigenvalue weighted by Gasteiger charge is 2.24. The topological polar surface area (TPSA) is 93.8 Å². The van der Waals surface area contributed by atoms with Crippen LogP contribution in [0.3, 0.4) is 0 Å². The highest BCUT2D eigenvalue weighted by atomic mass is 79.9. The van der Waals surface area contributed by atoms with E-state index < -0.39 is 23.3 Å². The molecular formula is C11H13BrN2O5. The Morgan fingerprint density at radius 1 is 1.63 bits per heavy atom. The number of carboxylic acids is 1. The van der Waals surface area contributed by atoms with E-state index in [1.165, 1.54) is 13.1 Å². The summed E-state index contributed by atoms with van der Waals surface area (Å²) in [4.78, 5) is 35.0. The van der Waals surface area contributed by atoms with Crippen LogP contribution in [-0.2, 0) is 16.1 Å². The largest absolute Gasteiger partial charge is 0.480 e. The van der Waals surface area contributed by atoms with Crippen LogP contribution in [0, 0.1) is 0 Å². The SMILES string of the molecule is C[C@@H](C(=O)O)n1cc(Br)c(=O)n(CC[C@H]2CO2)c1=O. The van der Waals surface area contributed by atoms with Gasteiger partial charge in [-0.05, 0) is 29.3 Å². The van der Waals surface area contributed by atoms with Crippen LogP contribution in [0.1, 0.15) is 19.4 Å². The molecule has 2 heterocycles. The molecule has 1 saturated heterocycles. The Kier molecular flexibility index (Phi) is 3.91. The fourth-order valence-electron chi connectivity index (χ4n) is 1.69. The zero-order valence-electron chi connectivity index (χ0n) is 10.2. The second-order valence-corrected chi connectivity index (χ2v) is 5.24. The molecule has 0 saturated carbocycles. The van der Waals surface area contributed by atoms with Crippen molar-refractivity contribution in [3.05, 3.63) is 31.5 Å². The lowest BCUT2D eigenvalue weighted by atomic mass is 10.3. The van der Waals surface area contributed by atoms with E-state index in [9.17, 15) is 14.4 Å². The third kappa shape index (κ3) is 2.95. The molecule has 0 aromatic carbocycles. The van der Waals surface area contributed by atoms with Gasteiger partial charge in [-0.15, -0.1) is 0 Å². The molecule has 8 heteroatoms. The third-order valence-corrected chi connectivity index (χ3v) is 3.55. The smallest absolute Gasteiger partial charge is 0.331 e. The Balaban J connectivity index is 2.42. The van der Waals surface area contributed by atoms with Gasteiger partial charge in [-0.1, -0.05) is 0 Å². The first-order chi connectivity index (χ1) is 8.91. The van der Waals surface area contributed by atoms with E-state index in [-0.39, 0.29) is 17.1 Å². The lowest BCUT2D eigenvalue weighted by Gasteiger charge is -2.13. The van der Waals surface area contributed by atoms with Crippen molar-refractivity contribution >= 4 is 21.9 Å². The van der Waals surface area contributed by atoms with Crippen LogP contribution in [-0.4, -0.2) is 32.9 Å². The molecule has 1 fully saturated rings. The lowest BCUT2D eigenvalue weighted by Crippen LogP contribution is -2.42. The summed E-state index contributed by atoms with van der Waals surface area (Å²) in [5.74, 6) is -1.13. The molecule has 0 amide bonds. The second kappa shape index (κ2) is 5.30. The molecule has 1 aliphatic rings. The van der Waals surface area contributed by atoms with E-state index in [4.69, 9.17) is 9.84 Å². The van der Waals surface area contributed by atoms with E-state index in [0.29, 0.717) is 13.0 Å². The van der Waals surface area contributed by atoms with E-state index in [1.54, 1.807) is 0 Å². The molecule has 1 aliphatic heterocycles. The highest BCUT2D eigenvalue weighted by Crippen LogP contribution is 2.14. The summed E-state index contributed by atoms with van der Waals surface area (Å²) in [7, 11) is 0. The van der Waals surface area contributed by atoms with Gasteiger partial charge in [-0.3, -0.25) is 13.9 Å². The number of hydrogen-bond acceptors (Lipinski definition) is 4. The summed E-state index contributed by atoms with van der Waals surface area (Å²) in [6, 6.07) is -1.03. The second-order valence-electron chi connectivity index (χ2n) is 4.38. The number of halogens is 1. The van der Waals surface area contributed by atoms with Crippen LogP contribution < -0.4 is 11.2 Å². The van der Waals surface area contributed by atoms with Crippen molar-refractivity contribution < 1.29 is 14.6 Å². The quantitative estimate of drug-likeness (QED) is 0.778. The molecule has 0 bridgehead atoms. The molecule has 2 rings (SSSR count). The van der Waals surface area contributed by atoms with Gasteiger partial charge in [0.05, 0.1) is 17.2 Å². The normalized spacial score (nSPS) is 19.2. The maximum Gasteiger partial charge on any atom is 0.331 e. The molecular weight excluding hydrogens is 320 g/mol. The predicted octanol–water partition coefficient (Wildman–Crippen LogP) is 0.207. The molecule has 1 aromatic rings. The summed E-state index contributed by atoms with van der Waals surface area (Å²) in [5.41, 5.74) is -1.08. The molecule has 1 N–H and O–H groups in total. The average Bonchev–Trinajstić information content (AvgIpc) is 3.16. The maximum atomic E-state index is 12.1. The number of aromatic nitrogens is 2. The standard InChI is InChI=1S/C11H13BrN2O5/c1-6(10(16)17)14-4-8(12)9(15)13(11(14)18)3-2-7-5-19-7/h4,6-7H,2-3,5H2,1H3,(H,16,17)/t6-,7-/m0/s1. The molecule has 19 heavy (non-hydrogen) atoms. The van der Waals surface area contributed by atoms with E-state index in [2.05, 4.69) is 15.9 Å². The van der Waals surface area contributed by atoms with Gasteiger partial charge in [-0.25, -0.2) is 9.59 Å². The van der Waals surface area contributed by atoms with Gasteiger partial charge in [0.1, 0.15) is 6.04 Å². The average molecular weight is 333 g/mol. The van der Waals surface area contributed by atoms with Gasteiger partial charge in [0.15, 0.2) is 0 Å². The van der Waals surface area contributed by atoms with Crippen molar-refractivity contribution in [3.63, 3.8) is 0 Å². The zero-order valence-corrected chi connectivity index (χ0v) is 11.8. The van der Waals surface area contributed by atoms with E-state index in [1.807, 2.05) is 0 Å². The first-order valence-electron chi connectivity index (χ1n) is 5.77. The predicted molar refractivity (Wildman–Crippen MR) is 69.4 cm³/mol. The Morgan fingerprint density at radius 2 is 2.26 bits per heavy atom. The first-order valence-corrected chi connectivity index (χ1v) is 6.57. The summed E-state index contributed by atoms with van der Waals surface area (Å²) < 4.78 is 7.25. The Bertz CT molecular complexity index is 616.